The molecule has 0 aliphatic rings. The Balaban J connectivity index is 1.81. The first-order valence-electron chi connectivity index (χ1n) is 7.33. The van der Waals surface area contributed by atoms with Crippen molar-refractivity contribution in [3.05, 3.63) is 53.2 Å². The molecule has 0 saturated carbocycles. The average Bonchev–Trinajstić information content (AvgIpc) is 3.17. The van der Waals surface area contributed by atoms with Crippen molar-refractivity contribution in [2.24, 2.45) is 0 Å². The summed E-state index contributed by atoms with van der Waals surface area (Å²) in [5, 5.41) is 6.09. The van der Waals surface area contributed by atoms with Crippen LogP contribution in [0.25, 0.3) is 10.7 Å². The summed E-state index contributed by atoms with van der Waals surface area (Å²) in [5.41, 5.74) is 2.42. The van der Waals surface area contributed by atoms with Gasteiger partial charge in [-0.05, 0) is 44.4 Å². The van der Waals surface area contributed by atoms with Gasteiger partial charge in [-0.15, -0.1) is 11.3 Å². The molecule has 22 heavy (non-hydrogen) atoms. The Bertz CT molecular complexity index is 717. The van der Waals surface area contributed by atoms with E-state index in [4.69, 9.17) is 4.52 Å². The summed E-state index contributed by atoms with van der Waals surface area (Å²) in [5.74, 6) is 1.30. The predicted octanol–water partition coefficient (Wildman–Crippen LogP) is 4.52. The van der Waals surface area contributed by atoms with Crippen molar-refractivity contribution in [1.29, 1.82) is 0 Å². The summed E-state index contributed by atoms with van der Waals surface area (Å²) < 4.78 is 5.42. The fourth-order valence-corrected chi connectivity index (χ4v) is 2.93. The summed E-state index contributed by atoms with van der Waals surface area (Å²) in [4.78, 5) is 7.79. The quantitative estimate of drug-likeness (QED) is 0.694. The number of hydrogen-bond donors (Lipinski definition) is 0. The molecule has 0 aliphatic heterocycles. The second-order valence-electron chi connectivity index (χ2n) is 5.55. The molecule has 0 saturated heterocycles. The third kappa shape index (κ3) is 3.20. The molecular formula is C17H19N3OS. The third-order valence-corrected chi connectivity index (χ3v) is 4.37. The van der Waals surface area contributed by atoms with Crippen LogP contribution in [0.5, 0.6) is 0 Å². The van der Waals surface area contributed by atoms with E-state index in [9.17, 15) is 0 Å². The molecule has 0 bridgehead atoms. The van der Waals surface area contributed by atoms with E-state index in [1.54, 1.807) is 11.3 Å². The van der Waals surface area contributed by atoms with Crippen LogP contribution < -0.4 is 4.90 Å². The minimum atomic E-state index is 0.347. The van der Waals surface area contributed by atoms with E-state index in [0.717, 1.165) is 10.6 Å². The third-order valence-electron chi connectivity index (χ3n) is 3.50. The highest BCUT2D eigenvalue weighted by Crippen LogP contribution is 2.24. The highest BCUT2D eigenvalue weighted by atomic mass is 32.1. The van der Waals surface area contributed by atoms with Crippen LogP contribution in [0, 0.1) is 6.92 Å². The Hall–Kier alpha value is -2.14. The lowest BCUT2D eigenvalue weighted by Crippen LogP contribution is -2.30. The van der Waals surface area contributed by atoms with E-state index >= 15 is 0 Å². The van der Waals surface area contributed by atoms with Crippen molar-refractivity contribution in [2.45, 2.75) is 33.4 Å². The van der Waals surface area contributed by atoms with E-state index in [1.165, 1.54) is 5.56 Å². The molecule has 0 spiro atoms. The minimum absolute atomic E-state index is 0.347. The lowest BCUT2D eigenvalue weighted by Gasteiger charge is -2.27. The fourth-order valence-electron chi connectivity index (χ4n) is 2.28. The van der Waals surface area contributed by atoms with Crippen molar-refractivity contribution in [3.8, 4) is 10.7 Å². The van der Waals surface area contributed by atoms with Crippen molar-refractivity contribution in [3.63, 3.8) is 0 Å². The maximum absolute atomic E-state index is 5.42. The van der Waals surface area contributed by atoms with Gasteiger partial charge < -0.3 is 9.42 Å². The Morgan fingerprint density at radius 2 is 1.95 bits per heavy atom. The summed E-state index contributed by atoms with van der Waals surface area (Å²) in [6.07, 6.45) is 0. The normalized spacial score (nSPS) is 11.1. The van der Waals surface area contributed by atoms with Crippen LogP contribution in [-0.4, -0.2) is 16.2 Å². The van der Waals surface area contributed by atoms with Gasteiger partial charge in [0.25, 0.3) is 0 Å². The van der Waals surface area contributed by atoms with Crippen LogP contribution in [0.15, 0.2) is 46.3 Å². The zero-order valence-electron chi connectivity index (χ0n) is 13.0. The number of thiophene rings is 1. The van der Waals surface area contributed by atoms with E-state index in [-0.39, 0.29) is 0 Å². The molecule has 0 unspecified atom stereocenters. The van der Waals surface area contributed by atoms with Crippen LogP contribution >= 0.6 is 11.3 Å². The molecular weight excluding hydrogens is 294 g/mol. The van der Waals surface area contributed by atoms with Gasteiger partial charge in [-0.1, -0.05) is 28.9 Å². The van der Waals surface area contributed by atoms with Crippen LogP contribution in [0.2, 0.25) is 0 Å². The standard InChI is InChI=1S/C17H19N3OS/c1-12(2)20(14-8-6-13(3)7-9-14)11-16-18-17(19-21-16)15-5-4-10-22-15/h4-10,12H,11H2,1-3H3. The number of aromatic nitrogens is 2. The van der Waals surface area contributed by atoms with Crippen molar-refractivity contribution < 1.29 is 4.52 Å². The smallest absolute Gasteiger partial charge is 0.246 e. The molecule has 0 amide bonds. The van der Waals surface area contributed by atoms with E-state index in [1.807, 2.05) is 17.5 Å². The van der Waals surface area contributed by atoms with Gasteiger partial charge in [0, 0.05) is 11.7 Å². The van der Waals surface area contributed by atoms with Gasteiger partial charge in [0.1, 0.15) is 0 Å². The molecule has 0 radical (unpaired) electrons. The van der Waals surface area contributed by atoms with Gasteiger partial charge >= 0.3 is 0 Å². The van der Waals surface area contributed by atoms with Crippen molar-refractivity contribution in [1.82, 2.24) is 10.1 Å². The van der Waals surface area contributed by atoms with Crippen LogP contribution in [0.4, 0.5) is 5.69 Å². The van der Waals surface area contributed by atoms with Gasteiger partial charge in [0.05, 0.1) is 11.4 Å². The number of hydrogen-bond acceptors (Lipinski definition) is 5. The Kier molecular flexibility index (Phi) is 4.24. The number of anilines is 1. The average molecular weight is 313 g/mol. The molecule has 114 valence electrons. The zero-order chi connectivity index (χ0) is 15.5. The van der Waals surface area contributed by atoms with Crippen molar-refractivity contribution in [2.75, 3.05) is 4.90 Å². The van der Waals surface area contributed by atoms with Crippen molar-refractivity contribution >= 4 is 17.0 Å². The van der Waals surface area contributed by atoms with Crippen LogP contribution in [-0.2, 0) is 6.54 Å². The van der Waals surface area contributed by atoms with Gasteiger partial charge in [0.2, 0.25) is 11.7 Å². The Labute approximate surface area is 134 Å². The predicted molar refractivity (Wildman–Crippen MR) is 90.1 cm³/mol. The molecule has 3 aromatic rings. The largest absolute Gasteiger partial charge is 0.360 e. The van der Waals surface area contributed by atoms with Crippen LogP contribution in [0.3, 0.4) is 0 Å². The number of aryl methyl sites for hydroxylation is 1. The van der Waals surface area contributed by atoms with Crippen LogP contribution in [0.1, 0.15) is 25.3 Å². The number of rotatable bonds is 5. The molecule has 4 nitrogen and oxygen atoms in total. The molecule has 0 atom stereocenters. The first-order chi connectivity index (χ1) is 10.6. The second kappa shape index (κ2) is 6.32. The zero-order valence-corrected chi connectivity index (χ0v) is 13.8. The monoisotopic (exact) mass is 313 g/mol. The highest BCUT2D eigenvalue weighted by molar-refractivity contribution is 7.13. The second-order valence-corrected chi connectivity index (χ2v) is 6.49. The van der Waals surface area contributed by atoms with E-state index in [0.29, 0.717) is 24.3 Å². The van der Waals surface area contributed by atoms with Gasteiger partial charge in [-0.3, -0.25) is 0 Å². The number of benzene rings is 1. The maximum Gasteiger partial charge on any atom is 0.246 e. The molecule has 5 heteroatoms. The number of nitrogens with zero attached hydrogens (tertiary/aromatic N) is 3. The maximum atomic E-state index is 5.42. The van der Waals surface area contributed by atoms with Gasteiger partial charge in [0.15, 0.2) is 0 Å². The first-order valence-corrected chi connectivity index (χ1v) is 8.21. The molecule has 2 aromatic heterocycles. The van der Waals surface area contributed by atoms with Gasteiger partial charge in [-0.25, -0.2) is 0 Å². The van der Waals surface area contributed by atoms with E-state index < -0.39 is 0 Å². The molecule has 0 aliphatic carbocycles. The summed E-state index contributed by atoms with van der Waals surface area (Å²) >= 11 is 1.61. The molecule has 2 heterocycles. The molecule has 0 fully saturated rings. The summed E-state index contributed by atoms with van der Waals surface area (Å²) in [7, 11) is 0. The lowest BCUT2D eigenvalue weighted by atomic mass is 10.2. The highest BCUT2D eigenvalue weighted by Gasteiger charge is 2.16. The summed E-state index contributed by atoms with van der Waals surface area (Å²) in [6, 6.07) is 12.8. The fraction of sp³-hybridized carbons (Fsp3) is 0.294. The molecule has 1 aromatic carbocycles. The topological polar surface area (TPSA) is 42.2 Å². The van der Waals surface area contributed by atoms with Gasteiger partial charge in [-0.2, -0.15) is 4.98 Å². The SMILES string of the molecule is Cc1ccc(N(Cc2nc(-c3cccs3)no2)C(C)C)cc1. The molecule has 3 rings (SSSR count). The summed E-state index contributed by atoms with van der Waals surface area (Å²) in [6.45, 7) is 7.03. The lowest BCUT2D eigenvalue weighted by molar-refractivity contribution is 0.373. The Morgan fingerprint density at radius 1 is 1.18 bits per heavy atom. The first kappa shape index (κ1) is 14.8. The van der Waals surface area contributed by atoms with E-state index in [2.05, 4.69) is 60.1 Å². The molecule has 0 N–H and O–H groups in total. The minimum Gasteiger partial charge on any atom is -0.360 e. The Morgan fingerprint density at radius 3 is 2.59 bits per heavy atom.